The monoisotopic (exact) mass is 124 g/mol. The fourth-order valence-corrected chi connectivity index (χ4v) is 0.656. The van der Waals surface area contributed by atoms with Crippen molar-refractivity contribution in [2.75, 3.05) is 0 Å². The van der Waals surface area contributed by atoms with Crippen LogP contribution < -0.4 is 0 Å². The molecule has 0 saturated heterocycles. The molecule has 0 N–H and O–H groups in total. The molecule has 0 spiro atoms. The quantitative estimate of drug-likeness (QED) is 0.497. The van der Waals surface area contributed by atoms with Crippen LogP contribution in [0.5, 0.6) is 0 Å². The molecule has 2 rings (SSSR count). The average Bonchev–Trinajstić information content (AvgIpc) is 2.44. The molecule has 1 aliphatic rings. The van der Waals surface area contributed by atoms with Crippen molar-refractivity contribution in [1.82, 2.24) is 0 Å². The van der Waals surface area contributed by atoms with E-state index in [0.29, 0.717) is 0 Å². The topological polar surface area (TPSA) is 0 Å². The second-order valence-electron chi connectivity index (χ2n) is 1.62. The zero-order chi connectivity index (χ0) is 13.1. The van der Waals surface area contributed by atoms with E-state index in [1.165, 1.54) is 0 Å². The summed E-state index contributed by atoms with van der Waals surface area (Å²) in [5.74, 6) is 0. The van der Waals surface area contributed by atoms with Crippen LogP contribution >= 0.6 is 0 Å². The minimum Gasteiger partial charge on any atom is -0.0795 e. The van der Waals surface area contributed by atoms with Gasteiger partial charge in [0.15, 0.2) is 0 Å². The molecule has 0 radical (unpaired) electrons. The lowest BCUT2D eigenvalue weighted by Crippen LogP contribution is -1.76. The maximum absolute atomic E-state index is 7.66. The second-order valence-corrected chi connectivity index (χ2v) is 1.62. The van der Waals surface area contributed by atoms with E-state index < -0.39 is 42.6 Å². The molecule has 0 atom stereocenters. The first-order chi connectivity index (χ1) is 7.71. The van der Waals surface area contributed by atoms with E-state index in [0.717, 1.165) is 0 Å². The van der Waals surface area contributed by atoms with Gasteiger partial charge in [0.1, 0.15) is 0 Å². The predicted molar refractivity (Wildman–Crippen MR) is 39.2 cm³/mol. The van der Waals surface area contributed by atoms with Crippen molar-refractivity contribution in [3.8, 4) is 0 Å². The van der Waals surface area contributed by atoms with E-state index in [4.69, 9.17) is 11.0 Å². The highest BCUT2D eigenvalue weighted by atomic mass is 14.0. The van der Waals surface area contributed by atoms with E-state index in [2.05, 4.69) is 0 Å². The molecular formula is C9H8. The van der Waals surface area contributed by atoms with Gasteiger partial charge in [0, 0.05) is 2.74 Å². The van der Waals surface area contributed by atoms with E-state index in [1.807, 2.05) is 0 Å². The van der Waals surface area contributed by atoms with Crippen LogP contribution in [0.1, 0.15) is 22.1 Å². The molecule has 0 saturated carbocycles. The van der Waals surface area contributed by atoms with Gasteiger partial charge in [-0.05, 0) is 17.5 Å². The molecule has 44 valence electrons. The first-order valence-electron chi connectivity index (χ1n) is 6.50. The third-order valence-electron chi connectivity index (χ3n) is 1.06. The Morgan fingerprint density at radius 3 is 3.33 bits per heavy atom. The molecule has 0 amide bonds. The van der Waals surface area contributed by atoms with Gasteiger partial charge in [0.2, 0.25) is 0 Å². The normalized spacial score (nSPS) is 34.2. The van der Waals surface area contributed by atoms with Gasteiger partial charge in [-0.25, -0.2) is 0 Å². The van der Waals surface area contributed by atoms with Crippen LogP contribution in [0.15, 0.2) is 30.2 Å². The van der Waals surface area contributed by atoms with Gasteiger partial charge >= 0.3 is 0 Å². The fourth-order valence-electron chi connectivity index (χ4n) is 0.656. The van der Waals surface area contributed by atoms with Gasteiger partial charge in [-0.3, -0.25) is 0 Å². The Kier molecular flexibility index (Phi) is 0.257. The third-order valence-corrected chi connectivity index (χ3v) is 1.06. The van der Waals surface area contributed by atoms with Crippen LogP contribution in [0.25, 0.3) is 6.05 Å². The summed E-state index contributed by atoms with van der Waals surface area (Å²) in [6.07, 6.45) is -2.33. The second kappa shape index (κ2) is 1.73. The highest BCUT2D eigenvalue weighted by Gasteiger charge is 2.00. The Balaban J connectivity index is 2.96. The number of rotatable bonds is 0. The van der Waals surface area contributed by atoms with Crippen molar-refractivity contribution in [2.45, 2.75) is 6.37 Å². The molecule has 1 aromatic rings. The largest absolute Gasteiger partial charge is 0.0795 e. The maximum Gasteiger partial charge on any atom is 0.0629 e. The Labute approximate surface area is 66.1 Å². The fraction of sp³-hybridized carbons (Fsp3) is 0.111. The molecule has 0 aliphatic heterocycles. The summed E-state index contributed by atoms with van der Waals surface area (Å²) < 4.78 is 60.6. The average molecular weight is 124 g/mol. The third kappa shape index (κ3) is 0.672. The Morgan fingerprint density at radius 2 is 2.33 bits per heavy atom. The van der Waals surface area contributed by atoms with E-state index >= 15 is 0 Å². The van der Waals surface area contributed by atoms with Gasteiger partial charge in [0.05, 0.1) is 8.22 Å². The first-order valence-corrected chi connectivity index (χ1v) is 2.50. The van der Waals surface area contributed by atoms with Crippen LogP contribution in [0, 0.1) is 0 Å². The number of hydrogen-bond donors (Lipinski definition) is 0. The lowest BCUT2D eigenvalue weighted by molar-refractivity contribution is 1.31. The Hall–Kier alpha value is -1.04. The number of hydrogen-bond acceptors (Lipinski definition) is 0. The molecule has 0 aromatic heterocycles. The Bertz CT molecular complexity index is 557. The number of benzene rings is 1. The highest BCUT2D eigenvalue weighted by Crippen LogP contribution is 2.17. The smallest absolute Gasteiger partial charge is 0.0629 e. The summed E-state index contributed by atoms with van der Waals surface area (Å²) in [4.78, 5) is 0. The minimum atomic E-state index is -2.33. The zero-order valence-corrected chi connectivity index (χ0v) is 4.50. The molecule has 0 nitrogen and oxygen atoms in total. The lowest BCUT2D eigenvalue weighted by Gasteiger charge is -1.93. The Morgan fingerprint density at radius 1 is 1.44 bits per heavy atom. The van der Waals surface area contributed by atoms with Gasteiger partial charge in [0.25, 0.3) is 0 Å². The SMILES string of the molecule is [2H]C1=C([2H])C([2H])([2H])c2c([2H])c([2H])c([2H])c([2H])c21. The molecule has 0 heterocycles. The summed E-state index contributed by atoms with van der Waals surface area (Å²) in [5, 5.41) is 0. The van der Waals surface area contributed by atoms with Gasteiger partial charge in [-0.1, -0.05) is 36.3 Å². The summed E-state index contributed by atoms with van der Waals surface area (Å²) in [6, 6.07) is -3.13. The molecule has 0 bridgehead atoms. The molecule has 9 heavy (non-hydrogen) atoms. The van der Waals surface area contributed by atoms with E-state index in [-0.39, 0.29) is 11.1 Å². The van der Waals surface area contributed by atoms with Crippen molar-refractivity contribution >= 4 is 6.05 Å². The summed E-state index contributed by atoms with van der Waals surface area (Å²) in [6.45, 7) is 0. The van der Waals surface area contributed by atoms with Crippen LogP contribution in [0.3, 0.4) is 0 Å². The van der Waals surface area contributed by atoms with E-state index in [9.17, 15) is 0 Å². The van der Waals surface area contributed by atoms with Crippen LogP contribution in [-0.4, -0.2) is 0 Å². The van der Waals surface area contributed by atoms with Gasteiger partial charge < -0.3 is 0 Å². The summed E-state index contributed by atoms with van der Waals surface area (Å²) in [7, 11) is 0. The minimum absolute atomic E-state index is 0.203. The number of allylic oxidation sites excluding steroid dienone is 1. The van der Waals surface area contributed by atoms with Gasteiger partial charge in [-0.15, -0.1) is 0 Å². The standard InChI is InChI=1S/C9H8/c1-2-5-9-7-3-6-8(9)4-1/h1-6H,7H2/i1D,2D,3D,4D,5D,6D,7D2. The molecule has 0 heteroatoms. The zero-order valence-electron chi connectivity index (χ0n) is 12.5. The van der Waals surface area contributed by atoms with Gasteiger partial charge in [-0.2, -0.15) is 0 Å². The lowest BCUT2D eigenvalue weighted by atomic mass is 10.1. The van der Waals surface area contributed by atoms with Crippen molar-refractivity contribution in [1.29, 1.82) is 0 Å². The molecule has 0 unspecified atom stereocenters. The molecule has 0 fully saturated rings. The molecule has 1 aromatic carbocycles. The van der Waals surface area contributed by atoms with E-state index in [1.54, 1.807) is 0 Å². The van der Waals surface area contributed by atoms with Crippen molar-refractivity contribution in [3.05, 3.63) is 41.3 Å². The summed E-state index contributed by atoms with van der Waals surface area (Å²) >= 11 is 0. The summed E-state index contributed by atoms with van der Waals surface area (Å²) in [5.41, 5.74) is -0.510. The van der Waals surface area contributed by atoms with Crippen LogP contribution in [0.2, 0.25) is 0 Å². The van der Waals surface area contributed by atoms with Crippen molar-refractivity contribution < 1.29 is 11.0 Å². The maximum atomic E-state index is 7.66. The van der Waals surface area contributed by atoms with Crippen LogP contribution in [0.4, 0.5) is 0 Å². The van der Waals surface area contributed by atoms with Crippen molar-refractivity contribution in [3.63, 3.8) is 0 Å². The molecular weight excluding hydrogens is 108 g/mol. The predicted octanol–water partition coefficient (Wildman–Crippen LogP) is 2.26. The number of fused-ring (bicyclic) bond motifs is 1. The highest BCUT2D eigenvalue weighted by molar-refractivity contribution is 5.59. The van der Waals surface area contributed by atoms with Crippen LogP contribution in [-0.2, 0) is 6.37 Å². The molecule has 1 aliphatic carbocycles. The van der Waals surface area contributed by atoms with Crippen molar-refractivity contribution in [2.24, 2.45) is 0 Å². The first kappa shape index (κ1) is 1.34.